The quantitative estimate of drug-likeness (QED) is 0.773. The topological polar surface area (TPSA) is 63.3 Å². The maximum absolute atomic E-state index is 12.7. The number of anilines is 1. The largest absolute Gasteiger partial charge is 0.497 e. The lowest BCUT2D eigenvalue weighted by atomic mass is 10.1. The van der Waals surface area contributed by atoms with Gasteiger partial charge in [0.2, 0.25) is 0 Å². The number of nitrogens with zero attached hydrogens (tertiary/aromatic N) is 2. The molecule has 0 unspecified atom stereocenters. The number of benzene rings is 2. The molecule has 3 rings (SSSR count). The van der Waals surface area contributed by atoms with Crippen molar-refractivity contribution in [1.82, 2.24) is 9.80 Å². The van der Waals surface area contributed by atoms with Gasteiger partial charge in [0.05, 0.1) is 27.0 Å². The van der Waals surface area contributed by atoms with Crippen molar-refractivity contribution in [3.05, 3.63) is 47.0 Å². The number of piperazine rings is 1. The van der Waals surface area contributed by atoms with Crippen molar-refractivity contribution < 1.29 is 19.0 Å². The Hall–Kier alpha value is -2.64. The third-order valence-electron chi connectivity index (χ3n) is 4.95. The summed E-state index contributed by atoms with van der Waals surface area (Å²) in [6.07, 6.45) is 0. The van der Waals surface area contributed by atoms with E-state index in [0.717, 1.165) is 30.9 Å². The molecular formula is C21H26ClN3O4. The smallest absolute Gasteiger partial charge is 0.322 e. The van der Waals surface area contributed by atoms with Crippen LogP contribution in [0.15, 0.2) is 36.4 Å². The molecule has 0 aromatic heterocycles. The van der Waals surface area contributed by atoms with Crippen LogP contribution in [0.4, 0.5) is 10.5 Å². The minimum absolute atomic E-state index is 0.145. The fourth-order valence-corrected chi connectivity index (χ4v) is 3.51. The van der Waals surface area contributed by atoms with Gasteiger partial charge in [-0.25, -0.2) is 4.79 Å². The molecule has 1 heterocycles. The van der Waals surface area contributed by atoms with Crippen LogP contribution in [-0.4, -0.2) is 63.3 Å². The molecule has 2 aromatic carbocycles. The van der Waals surface area contributed by atoms with Crippen molar-refractivity contribution in [2.24, 2.45) is 0 Å². The van der Waals surface area contributed by atoms with Gasteiger partial charge in [0, 0.05) is 49.4 Å². The van der Waals surface area contributed by atoms with Gasteiger partial charge in [-0.15, -0.1) is 0 Å². The summed E-state index contributed by atoms with van der Waals surface area (Å²) in [4.78, 5) is 16.8. The summed E-state index contributed by atoms with van der Waals surface area (Å²) in [5.74, 6) is 2.05. The molecule has 0 spiro atoms. The summed E-state index contributed by atoms with van der Waals surface area (Å²) >= 11 is 6.12. The minimum atomic E-state index is -0.145. The number of methoxy groups -OCH3 is 3. The Morgan fingerprint density at radius 2 is 1.69 bits per heavy atom. The highest BCUT2D eigenvalue weighted by Crippen LogP contribution is 2.29. The molecule has 0 bridgehead atoms. The van der Waals surface area contributed by atoms with Gasteiger partial charge in [-0.2, -0.15) is 0 Å². The number of ether oxygens (including phenoxy) is 3. The molecule has 0 radical (unpaired) electrons. The Balaban J connectivity index is 1.57. The zero-order valence-electron chi connectivity index (χ0n) is 16.9. The Morgan fingerprint density at radius 1 is 0.966 bits per heavy atom. The first kappa shape index (κ1) is 21.1. The van der Waals surface area contributed by atoms with Crippen molar-refractivity contribution in [3.63, 3.8) is 0 Å². The third kappa shape index (κ3) is 5.25. The van der Waals surface area contributed by atoms with Crippen molar-refractivity contribution >= 4 is 23.3 Å². The molecule has 2 aromatic rings. The van der Waals surface area contributed by atoms with Crippen LogP contribution in [0.2, 0.25) is 5.02 Å². The molecule has 7 nitrogen and oxygen atoms in total. The molecule has 1 aliphatic rings. The summed E-state index contributed by atoms with van der Waals surface area (Å²) < 4.78 is 16.0. The number of carbonyl (C=O) groups is 1. The second-order valence-corrected chi connectivity index (χ2v) is 7.15. The molecule has 1 saturated heterocycles. The van der Waals surface area contributed by atoms with E-state index in [2.05, 4.69) is 10.2 Å². The molecule has 8 heteroatoms. The molecule has 0 saturated carbocycles. The standard InChI is InChI=1S/C21H26ClN3O4/c1-27-17-5-6-18(20(13-17)29-3)23-21(26)25-10-8-24(9-11-25)14-15-12-16(22)4-7-19(15)28-2/h4-7,12-13H,8-11,14H2,1-3H3,(H,23,26). The predicted octanol–water partition coefficient (Wildman–Crippen LogP) is 3.72. The maximum atomic E-state index is 12.7. The fraction of sp³-hybridized carbons (Fsp3) is 0.381. The summed E-state index contributed by atoms with van der Waals surface area (Å²) in [5, 5.41) is 3.61. The molecule has 2 amide bonds. The summed E-state index contributed by atoms with van der Waals surface area (Å²) in [6, 6.07) is 10.8. The normalized spacial score (nSPS) is 14.4. The second-order valence-electron chi connectivity index (χ2n) is 6.72. The van der Waals surface area contributed by atoms with Gasteiger partial charge in [0.25, 0.3) is 0 Å². The predicted molar refractivity (Wildman–Crippen MR) is 113 cm³/mol. The highest BCUT2D eigenvalue weighted by atomic mass is 35.5. The number of hydrogen-bond acceptors (Lipinski definition) is 5. The summed E-state index contributed by atoms with van der Waals surface area (Å²) in [5.41, 5.74) is 1.66. The average Bonchev–Trinajstić information content (AvgIpc) is 2.74. The van der Waals surface area contributed by atoms with Crippen molar-refractivity contribution in [1.29, 1.82) is 0 Å². The third-order valence-corrected chi connectivity index (χ3v) is 5.18. The maximum Gasteiger partial charge on any atom is 0.322 e. The molecule has 0 aliphatic carbocycles. The van der Waals surface area contributed by atoms with Crippen molar-refractivity contribution in [2.45, 2.75) is 6.54 Å². The highest BCUT2D eigenvalue weighted by molar-refractivity contribution is 6.30. The van der Waals surface area contributed by atoms with Crippen LogP contribution in [0.3, 0.4) is 0 Å². The van der Waals surface area contributed by atoms with Crippen LogP contribution in [0, 0.1) is 0 Å². The van der Waals surface area contributed by atoms with E-state index < -0.39 is 0 Å². The van der Waals surface area contributed by atoms with Gasteiger partial charge in [0.1, 0.15) is 17.2 Å². The first-order chi connectivity index (χ1) is 14.0. The van der Waals surface area contributed by atoms with E-state index in [4.69, 9.17) is 25.8 Å². The van der Waals surface area contributed by atoms with Crippen LogP contribution in [-0.2, 0) is 6.54 Å². The lowest BCUT2D eigenvalue weighted by Crippen LogP contribution is -2.49. The van der Waals surface area contributed by atoms with Gasteiger partial charge < -0.3 is 24.4 Å². The molecular weight excluding hydrogens is 394 g/mol. The summed E-state index contributed by atoms with van der Waals surface area (Å²) in [6.45, 7) is 3.53. The van der Waals surface area contributed by atoms with E-state index in [1.807, 2.05) is 18.2 Å². The van der Waals surface area contributed by atoms with Crippen LogP contribution in [0.5, 0.6) is 17.2 Å². The molecule has 1 fully saturated rings. The zero-order valence-corrected chi connectivity index (χ0v) is 17.7. The van der Waals surface area contributed by atoms with E-state index in [9.17, 15) is 4.79 Å². The van der Waals surface area contributed by atoms with Crippen molar-refractivity contribution in [3.8, 4) is 17.2 Å². The first-order valence-electron chi connectivity index (χ1n) is 9.36. The van der Waals surface area contributed by atoms with E-state index in [1.54, 1.807) is 44.4 Å². The molecule has 1 N–H and O–H groups in total. The Labute approximate surface area is 176 Å². The molecule has 0 atom stereocenters. The lowest BCUT2D eigenvalue weighted by Gasteiger charge is -2.35. The van der Waals surface area contributed by atoms with E-state index in [0.29, 0.717) is 35.3 Å². The number of urea groups is 1. The molecule has 1 aliphatic heterocycles. The second kappa shape index (κ2) is 9.71. The average molecular weight is 420 g/mol. The van der Waals surface area contributed by atoms with Crippen LogP contribution < -0.4 is 19.5 Å². The number of carbonyl (C=O) groups excluding carboxylic acids is 1. The van der Waals surface area contributed by atoms with Gasteiger partial charge in [0.15, 0.2) is 0 Å². The fourth-order valence-electron chi connectivity index (χ4n) is 3.32. The van der Waals surface area contributed by atoms with E-state index in [-0.39, 0.29) is 6.03 Å². The highest BCUT2D eigenvalue weighted by Gasteiger charge is 2.23. The van der Waals surface area contributed by atoms with E-state index >= 15 is 0 Å². The Bertz CT molecular complexity index is 854. The SMILES string of the molecule is COc1ccc(NC(=O)N2CCN(Cc3cc(Cl)ccc3OC)CC2)c(OC)c1. The van der Waals surface area contributed by atoms with Crippen LogP contribution in [0.1, 0.15) is 5.56 Å². The van der Waals surface area contributed by atoms with Crippen LogP contribution >= 0.6 is 11.6 Å². The minimum Gasteiger partial charge on any atom is -0.497 e. The van der Waals surface area contributed by atoms with Gasteiger partial charge in [-0.05, 0) is 30.3 Å². The number of hydrogen-bond donors (Lipinski definition) is 1. The Morgan fingerprint density at radius 3 is 2.34 bits per heavy atom. The number of nitrogens with one attached hydrogen (secondary N) is 1. The van der Waals surface area contributed by atoms with Crippen LogP contribution in [0.25, 0.3) is 0 Å². The van der Waals surface area contributed by atoms with Gasteiger partial charge >= 0.3 is 6.03 Å². The monoisotopic (exact) mass is 419 g/mol. The Kier molecular flexibility index (Phi) is 7.06. The lowest BCUT2D eigenvalue weighted by molar-refractivity contribution is 0.142. The zero-order chi connectivity index (χ0) is 20.8. The molecule has 29 heavy (non-hydrogen) atoms. The summed E-state index contributed by atoms with van der Waals surface area (Å²) in [7, 11) is 4.81. The number of rotatable bonds is 6. The van der Waals surface area contributed by atoms with Crippen molar-refractivity contribution in [2.75, 3.05) is 52.8 Å². The van der Waals surface area contributed by atoms with E-state index in [1.165, 1.54) is 0 Å². The van der Waals surface area contributed by atoms with Gasteiger partial charge in [-0.1, -0.05) is 11.6 Å². The number of halogens is 1. The molecule has 156 valence electrons. The van der Waals surface area contributed by atoms with Gasteiger partial charge in [-0.3, -0.25) is 4.90 Å². The number of amides is 2. The first-order valence-corrected chi connectivity index (χ1v) is 9.74.